The average molecular weight is 166 g/mol. The van der Waals surface area contributed by atoms with E-state index in [0.717, 1.165) is 11.8 Å². The smallest absolute Gasteiger partial charge is 0.0255 e. The van der Waals surface area contributed by atoms with Crippen molar-refractivity contribution in [3.8, 4) is 0 Å². The summed E-state index contributed by atoms with van der Waals surface area (Å²) in [5.74, 6) is 1.52. The molecule has 0 heterocycles. The van der Waals surface area contributed by atoms with Gasteiger partial charge in [-0.2, -0.15) is 0 Å². The van der Waals surface area contributed by atoms with E-state index in [4.69, 9.17) is 0 Å². The molecule has 0 amide bonds. The van der Waals surface area contributed by atoms with Gasteiger partial charge < -0.3 is 0 Å². The molecule has 1 fully saturated rings. The Labute approximate surface area is 77.1 Å². The molecule has 0 aliphatic heterocycles. The SMILES string of the molecule is CC(C)C(=C1CCCC1)C(C)C. The van der Waals surface area contributed by atoms with E-state index in [-0.39, 0.29) is 0 Å². The highest BCUT2D eigenvalue weighted by Crippen LogP contribution is 2.33. The molecular formula is C12H22. The second-order valence-corrected chi connectivity index (χ2v) is 4.58. The highest BCUT2D eigenvalue weighted by molar-refractivity contribution is 5.20. The summed E-state index contributed by atoms with van der Waals surface area (Å²) in [6.45, 7) is 9.34. The van der Waals surface area contributed by atoms with Gasteiger partial charge in [0.1, 0.15) is 0 Å². The van der Waals surface area contributed by atoms with Crippen molar-refractivity contribution in [2.45, 2.75) is 53.4 Å². The molecule has 70 valence electrons. The Morgan fingerprint density at radius 3 is 1.67 bits per heavy atom. The van der Waals surface area contributed by atoms with Crippen LogP contribution >= 0.6 is 0 Å². The molecule has 0 nitrogen and oxygen atoms in total. The first-order valence-electron chi connectivity index (χ1n) is 5.34. The molecule has 12 heavy (non-hydrogen) atoms. The summed E-state index contributed by atoms with van der Waals surface area (Å²) in [4.78, 5) is 0. The molecule has 0 aromatic heterocycles. The van der Waals surface area contributed by atoms with Crippen molar-refractivity contribution >= 4 is 0 Å². The van der Waals surface area contributed by atoms with E-state index in [1.54, 1.807) is 11.1 Å². The van der Waals surface area contributed by atoms with E-state index in [0.29, 0.717) is 0 Å². The fraction of sp³-hybridized carbons (Fsp3) is 0.833. The van der Waals surface area contributed by atoms with Gasteiger partial charge in [0.05, 0.1) is 0 Å². The Balaban J connectivity index is 2.81. The lowest BCUT2D eigenvalue weighted by atomic mass is 9.87. The van der Waals surface area contributed by atoms with Crippen LogP contribution in [0.2, 0.25) is 0 Å². The molecule has 0 bridgehead atoms. The predicted molar refractivity (Wildman–Crippen MR) is 55.2 cm³/mol. The Morgan fingerprint density at radius 1 is 0.917 bits per heavy atom. The van der Waals surface area contributed by atoms with Crippen molar-refractivity contribution in [1.82, 2.24) is 0 Å². The monoisotopic (exact) mass is 166 g/mol. The minimum absolute atomic E-state index is 0.762. The van der Waals surface area contributed by atoms with Crippen LogP contribution in [0.15, 0.2) is 11.1 Å². The summed E-state index contributed by atoms with van der Waals surface area (Å²) >= 11 is 0. The molecule has 0 aromatic rings. The Bertz CT molecular complexity index is 154. The molecule has 0 radical (unpaired) electrons. The topological polar surface area (TPSA) is 0 Å². The average Bonchev–Trinajstić information content (AvgIpc) is 2.37. The van der Waals surface area contributed by atoms with Gasteiger partial charge in [0.25, 0.3) is 0 Å². The van der Waals surface area contributed by atoms with E-state index < -0.39 is 0 Å². The van der Waals surface area contributed by atoms with Crippen LogP contribution in [-0.4, -0.2) is 0 Å². The summed E-state index contributed by atoms with van der Waals surface area (Å²) in [6, 6.07) is 0. The zero-order valence-corrected chi connectivity index (χ0v) is 8.98. The van der Waals surface area contributed by atoms with Crippen molar-refractivity contribution in [3.05, 3.63) is 11.1 Å². The third kappa shape index (κ3) is 2.12. The Morgan fingerprint density at radius 2 is 1.33 bits per heavy atom. The van der Waals surface area contributed by atoms with E-state index in [1.165, 1.54) is 25.7 Å². The van der Waals surface area contributed by atoms with Crippen molar-refractivity contribution in [2.75, 3.05) is 0 Å². The number of hydrogen-bond acceptors (Lipinski definition) is 0. The van der Waals surface area contributed by atoms with Gasteiger partial charge in [-0.05, 0) is 37.5 Å². The van der Waals surface area contributed by atoms with Gasteiger partial charge in [0.2, 0.25) is 0 Å². The summed E-state index contributed by atoms with van der Waals surface area (Å²) < 4.78 is 0. The molecule has 0 unspecified atom stereocenters. The molecule has 0 atom stereocenters. The van der Waals surface area contributed by atoms with Crippen LogP contribution in [0.3, 0.4) is 0 Å². The molecule has 1 saturated carbocycles. The van der Waals surface area contributed by atoms with Gasteiger partial charge in [-0.3, -0.25) is 0 Å². The molecule has 0 heteroatoms. The Hall–Kier alpha value is -0.260. The largest absolute Gasteiger partial charge is 0.0705 e. The molecule has 1 aliphatic carbocycles. The molecule has 0 aromatic carbocycles. The van der Waals surface area contributed by atoms with Gasteiger partial charge in [-0.15, -0.1) is 0 Å². The quantitative estimate of drug-likeness (QED) is 0.540. The van der Waals surface area contributed by atoms with Gasteiger partial charge in [0.15, 0.2) is 0 Å². The molecule has 0 spiro atoms. The number of hydrogen-bond donors (Lipinski definition) is 0. The maximum atomic E-state index is 2.33. The first-order valence-corrected chi connectivity index (χ1v) is 5.34. The van der Waals surface area contributed by atoms with Crippen LogP contribution in [0.4, 0.5) is 0 Å². The van der Waals surface area contributed by atoms with E-state index in [1.807, 2.05) is 0 Å². The predicted octanol–water partition coefficient (Wildman–Crippen LogP) is 4.17. The van der Waals surface area contributed by atoms with Gasteiger partial charge in [0, 0.05) is 0 Å². The highest BCUT2D eigenvalue weighted by Gasteiger charge is 2.16. The van der Waals surface area contributed by atoms with Crippen molar-refractivity contribution < 1.29 is 0 Å². The zero-order chi connectivity index (χ0) is 9.14. The summed E-state index contributed by atoms with van der Waals surface area (Å²) in [7, 11) is 0. The highest BCUT2D eigenvalue weighted by atomic mass is 14.2. The van der Waals surface area contributed by atoms with Gasteiger partial charge in [-0.25, -0.2) is 0 Å². The number of allylic oxidation sites excluding steroid dienone is 2. The van der Waals surface area contributed by atoms with Crippen LogP contribution in [0.1, 0.15) is 53.4 Å². The first kappa shape index (κ1) is 9.83. The normalized spacial score (nSPS) is 18.0. The summed E-state index contributed by atoms with van der Waals surface area (Å²) in [6.07, 6.45) is 5.62. The van der Waals surface area contributed by atoms with E-state index in [2.05, 4.69) is 27.7 Å². The third-order valence-electron chi connectivity index (χ3n) is 2.86. The minimum atomic E-state index is 0.762. The van der Waals surface area contributed by atoms with Crippen molar-refractivity contribution in [1.29, 1.82) is 0 Å². The summed E-state index contributed by atoms with van der Waals surface area (Å²) in [5.41, 5.74) is 3.52. The van der Waals surface area contributed by atoms with Crippen molar-refractivity contribution in [3.63, 3.8) is 0 Å². The standard InChI is InChI=1S/C12H22/c1-9(2)12(10(3)4)11-7-5-6-8-11/h9-10H,5-8H2,1-4H3. The third-order valence-corrected chi connectivity index (χ3v) is 2.86. The lowest BCUT2D eigenvalue weighted by molar-refractivity contribution is 0.609. The van der Waals surface area contributed by atoms with Gasteiger partial charge >= 0.3 is 0 Å². The molecular weight excluding hydrogens is 144 g/mol. The van der Waals surface area contributed by atoms with Crippen LogP contribution in [0.25, 0.3) is 0 Å². The van der Waals surface area contributed by atoms with Crippen LogP contribution < -0.4 is 0 Å². The maximum absolute atomic E-state index is 2.33. The Kier molecular flexibility index (Phi) is 3.37. The van der Waals surface area contributed by atoms with Crippen LogP contribution in [-0.2, 0) is 0 Å². The molecule has 1 aliphatic rings. The fourth-order valence-corrected chi connectivity index (χ4v) is 2.57. The maximum Gasteiger partial charge on any atom is -0.0255 e. The van der Waals surface area contributed by atoms with E-state index in [9.17, 15) is 0 Å². The van der Waals surface area contributed by atoms with Gasteiger partial charge in [-0.1, -0.05) is 38.8 Å². The second kappa shape index (κ2) is 4.11. The van der Waals surface area contributed by atoms with Crippen LogP contribution in [0, 0.1) is 11.8 Å². The lowest BCUT2D eigenvalue weighted by Crippen LogP contribution is -2.05. The van der Waals surface area contributed by atoms with E-state index >= 15 is 0 Å². The minimum Gasteiger partial charge on any atom is -0.0705 e. The molecule has 0 saturated heterocycles. The second-order valence-electron chi connectivity index (χ2n) is 4.58. The number of rotatable bonds is 2. The lowest BCUT2D eigenvalue weighted by Gasteiger charge is -2.19. The first-order chi connectivity index (χ1) is 5.63. The van der Waals surface area contributed by atoms with Crippen molar-refractivity contribution in [2.24, 2.45) is 11.8 Å². The molecule has 0 N–H and O–H groups in total. The fourth-order valence-electron chi connectivity index (χ4n) is 2.57. The summed E-state index contributed by atoms with van der Waals surface area (Å²) in [5, 5.41) is 0. The van der Waals surface area contributed by atoms with Crippen LogP contribution in [0.5, 0.6) is 0 Å². The zero-order valence-electron chi connectivity index (χ0n) is 8.98. The molecule has 1 rings (SSSR count).